The molecule has 1 fully saturated rings. The molecule has 2 aromatic carbocycles. The topological polar surface area (TPSA) is 56.3 Å². The van der Waals surface area contributed by atoms with Crippen LogP contribution in [0.15, 0.2) is 46.8 Å². The third-order valence-electron chi connectivity index (χ3n) is 6.42. The number of benzene rings is 2. The van der Waals surface area contributed by atoms with Gasteiger partial charge in [0.2, 0.25) is 0 Å². The van der Waals surface area contributed by atoms with Crippen LogP contribution in [0.4, 0.5) is 4.39 Å². The lowest BCUT2D eigenvalue weighted by Gasteiger charge is -2.41. The van der Waals surface area contributed by atoms with E-state index in [-0.39, 0.29) is 29.9 Å². The van der Waals surface area contributed by atoms with Crippen molar-refractivity contribution in [2.24, 2.45) is 5.92 Å². The van der Waals surface area contributed by atoms with Gasteiger partial charge in [0.05, 0.1) is 15.7 Å². The van der Waals surface area contributed by atoms with Gasteiger partial charge >= 0.3 is 5.97 Å². The molecule has 1 aliphatic heterocycles. The molecule has 0 aliphatic carbocycles. The van der Waals surface area contributed by atoms with Crippen LogP contribution < -0.4 is 0 Å². The molecule has 7 heteroatoms. The van der Waals surface area contributed by atoms with Crippen LogP contribution >= 0.6 is 23.1 Å². The summed E-state index contributed by atoms with van der Waals surface area (Å²) in [6.45, 7) is 8.15. The molecule has 2 heterocycles. The van der Waals surface area contributed by atoms with Crippen LogP contribution in [-0.4, -0.2) is 27.6 Å². The second-order valence-corrected chi connectivity index (χ2v) is 11.3. The summed E-state index contributed by atoms with van der Waals surface area (Å²) >= 11 is 2.84. The fraction of sp³-hybridized carbons (Fsp3) is 0.423. The van der Waals surface area contributed by atoms with Crippen LogP contribution in [0.25, 0.3) is 10.2 Å². The van der Waals surface area contributed by atoms with Gasteiger partial charge in [-0.2, -0.15) is 0 Å². The minimum Gasteiger partial charge on any atom is -0.457 e. The molecule has 2 unspecified atom stereocenters. The van der Waals surface area contributed by atoms with Crippen molar-refractivity contribution < 1.29 is 18.7 Å². The van der Waals surface area contributed by atoms with Crippen molar-refractivity contribution in [2.75, 3.05) is 0 Å². The molecule has 2 atom stereocenters. The number of thiazole rings is 1. The number of rotatable bonds is 7. The molecule has 1 aliphatic rings. The minimum absolute atomic E-state index is 0.0171. The SMILES string of the molecule is CC(C)c1cc2ncsc2cc1SC1C(=O)CC(CCc2ccc(F)cc2)(C(C)C)OC1=O. The van der Waals surface area contributed by atoms with Gasteiger partial charge in [0, 0.05) is 11.3 Å². The maximum Gasteiger partial charge on any atom is 0.327 e. The summed E-state index contributed by atoms with van der Waals surface area (Å²) in [5.74, 6) is -0.629. The van der Waals surface area contributed by atoms with E-state index in [1.54, 1.807) is 29.0 Å². The molecule has 0 N–H and O–H groups in total. The first-order valence-corrected chi connectivity index (χ1v) is 13.0. The number of thioether (sulfide) groups is 1. The molecule has 0 radical (unpaired) electrons. The Balaban J connectivity index is 1.55. The van der Waals surface area contributed by atoms with Crippen molar-refractivity contribution in [2.45, 2.75) is 68.6 Å². The van der Waals surface area contributed by atoms with E-state index in [1.807, 2.05) is 19.9 Å². The summed E-state index contributed by atoms with van der Waals surface area (Å²) in [7, 11) is 0. The number of esters is 1. The Bertz CT molecular complexity index is 1150. The lowest BCUT2D eigenvalue weighted by Crippen LogP contribution is -2.52. The Morgan fingerprint density at radius 2 is 1.91 bits per heavy atom. The van der Waals surface area contributed by atoms with Gasteiger partial charge in [-0.1, -0.05) is 39.8 Å². The zero-order valence-corrected chi connectivity index (χ0v) is 20.9. The Morgan fingerprint density at radius 3 is 2.55 bits per heavy atom. The standard InChI is InChI=1S/C26H28FNO3S2/c1-15(2)19-11-20-23(32-14-28-20)12-22(19)33-24-21(29)13-26(16(3)4,31-25(24)30)10-9-17-5-7-18(27)8-6-17/h5-8,11-12,14-16,24H,9-10,13H2,1-4H3. The lowest BCUT2D eigenvalue weighted by molar-refractivity contribution is -0.176. The van der Waals surface area contributed by atoms with Gasteiger partial charge in [0.1, 0.15) is 11.4 Å². The number of halogens is 1. The lowest BCUT2D eigenvalue weighted by atomic mass is 9.78. The number of hydrogen-bond acceptors (Lipinski definition) is 6. The number of Topliss-reactive ketones (excluding diaryl/α,β-unsaturated/α-hetero) is 1. The second kappa shape index (κ2) is 9.55. The van der Waals surface area contributed by atoms with Gasteiger partial charge in [-0.25, -0.2) is 9.37 Å². The van der Waals surface area contributed by atoms with Crippen molar-refractivity contribution in [3.05, 3.63) is 58.9 Å². The van der Waals surface area contributed by atoms with Crippen molar-refractivity contribution in [3.63, 3.8) is 0 Å². The summed E-state index contributed by atoms with van der Waals surface area (Å²) in [5, 5.41) is -0.870. The molecule has 1 aromatic heterocycles. The number of aryl methyl sites for hydroxylation is 1. The summed E-state index contributed by atoms with van der Waals surface area (Å²) in [5.41, 5.74) is 3.93. The number of carbonyl (C=O) groups excluding carboxylic acids is 2. The van der Waals surface area contributed by atoms with Gasteiger partial charge in [0.15, 0.2) is 11.0 Å². The predicted octanol–water partition coefficient (Wildman–Crippen LogP) is 6.56. The third-order valence-corrected chi connectivity index (χ3v) is 8.51. The fourth-order valence-electron chi connectivity index (χ4n) is 4.26. The Labute approximate surface area is 201 Å². The van der Waals surface area contributed by atoms with Crippen molar-refractivity contribution >= 4 is 45.1 Å². The predicted molar refractivity (Wildman–Crippen MR) is 131 cm³/mol. The van der Waals surface area contributed by atoms with E-state index >= 15 is 0 Å². The van der Waals surface area contributed by atoms with Crippen LogP contribution in [0.1, 0.15) is 57.6 Å². The monoisotopic (exact) mass is 485 g/mol. The number of cyclic esters (lactones) is 1. The van der Waals surface area contributed by atoms with Crippen molar-refractivity contribution in [1.29, 1.82) is 0 Å². The summed E-state index contributed by atoms with van der Waals surface area (Å²) in [4.78, 5) is 31.8. The van der Waals surface area contributed by atoms with Crippen molar-refractivity contribution in [1.82, 2.24) is 4.98 Å². The first-order chi connectivity index (χ1) is 15.7. The number of aromatic nitrogens is 1. The first kappa shape index (κ1) is 23.9. The Morgan fingerprint density at radius 1 is 1.18 bits per heavy atom. The van der Waals surface area contributed by atoms with Crippen LogP contribution in [0.3, 0.4) is 0 Å². The van der Waals surface area contributed by atoms with Crippen LogP contribution in [0, 0.1) is 11.7 Å². The zero-order valence-electron chi connectivity index (χ0n) is 19.3. The number of carbonyl (C=O) groups is 2. The average Bonchev–Trinajstić information content (AvgIpc) is 3.22. The number of ether oxygens (including phenoxy) is 1. The van der Waals surface area contributed by atoms with E-state index in [1.165, 1.54) is 23.9 Å². The summed E-state index contributed by atoms with van der Waals surface area (Å²) in [6, 6.07) is 10.4. The van der Waals surface area contributed by atoms with E-state index in [0.29, 0.717) is 12.8 Å². The molecule has 174 valence electrons. The molecular weight excluding hydrogens is 457 g/mol. The fourth-order valence-corrected chi connectivity index (χ4v) is 6.26. The minimum atomic E-state index is -0.870. The molecule has 0 bridgehead atoms. The van der Waals surface area contributed by atoms with Gasteiger partial charge < -0.3 is 4.74 Å². The van der Waals surface area contributed by atoms with E-state index < -0.39 is 16.8 Å². The normalized spacial score (nSPS) is 21.2. The Hall–Kier alpha value is -2.25. The molecule has 0 amide bonds. The summed E-state index contributed by atoms with van der Waals surface area (Å²) in [6.07, 6.45) is 1.32. The van der Waals surface area contributed by atoms with E-state index in [0.717, 1.165) is 26.2 Å². The first-order valence-electron chi connectivity index (χ1n) is 11.2. The molecule has 0 saturated carbocycles. The molecule has 0 spiro atoms. The largest absolute Gasteiger partial charge is 0.457 e. The number of ketones is 1. The highest BCUT2D eigenvalue weighted by Gasteiger charge is 2.49. The van der Waals surface area contributed by atoms with Crippen LogP contribution in [0.2, 0.25) is 0 Å². The maximum atomic E-state index is 13.3. The smallest absolute Gasteiger partial charge is 0.327 e. The molecular formula is C26H28FNO3S2. The summed E-state index contributed by atoms with van der Waals surface area (Å²) < 4.78 is 20.3. The van der Waals surface area contributed by atoms with Gasteiger partial charge in [0.25, 0.3) is 0 Å². The van der Waals surface area contributed by atoms with E-state index in [4.69, 9.17) is 4.74 Å². The highest BCUT2D eigenvalue weighted by molar-refractivity contribution is 8.01. The molecule has 3 aromatic rings. The van der Waals surface area contributed by atoms with Gasteiger partial charge in [-0.15, -0.1) is 23.1 Å². The van der Waals surface area contributed by atoms with Crippen molar-refractivity contribution in [3.8, 4) is 0 Å². The molecule has 33 heavy (non-hydrogen) atoms. The van der Waals surface area contributed by atoms with E-state index in [9.17, 15) is 14.0 Å². The quantitative estimate of drug-likeness (QED) is 0.280. The highest BCUT2D eigenvalue weighted by Crippen LogP contribution is 2.42. The average molecular weight is 486 g/mol. The van der Waals surface area contributed by atoms with Crippen LogP contribution in [0.5, 0.6) is 0 Å². The number of hydrogen-bond donors (Lipinski definition) is 0. The highest BCUT2D eigenvalue weighted by atomic mass is 32.2. The third kappa shape index (κ3) is 4.99. The number of nitrogens with zero attached hydrogens (tertiary/aromatic N) is 1. The zero-order chi connectivity index (χ0) is 23.8. The van der Waals surface area contributed by atoms with Gasteiger partial charge in [-0.05, 0) is 60.1 Å². The maximum absolute atomic E-state index is 13.3. The van der Waals surface area contributed by atoms with Crippen LogP contribution in [-0.2, 0) is 20.7 Å². The molecule has 1 saturated heterocycles. The van der Waals surface area contributed by atoms with E-state index in [2.05, 4.69) is 24.9 Å². The molecule has 4 nitrogen and oxygen atoms in total. The molecule has 4 rings (SSSR count). The second-order valence-electron chi connectivity index (χ2n) is 9.27. The van der Waals surface area contributed by atoms with Gasteiger partial charge in [-0.3, -0.25) is 9.59 Å². The number of fused-ring (bicyclic) bond motifs is 1. The Kier molecular flexibility index (Phi) is 6.91.